The highest BCUT2D eigenvalue weighted by molar-refractivity contribution is 5.15. The lowest BCUT2D eigenvalue weighted by molar-refractivity contribution is -0.186. The van der Waals surface area contributed by atoms with E-state index in [0.717, 1.165) is 12.1 Å². The Balaban J connectivity index is 1.83. The Kier molecular flexibility index (Phi) is 5.05. The molecule has 2 N–H and O–H groups in total. The molecule has 5 heteroatoms. The lowest BCUT2D eigenvalue weighted by Gasteiger charge is -2.35. The zero-order valence-electron chi connectivity index (χ0n) is 11.4. The van der Waals surface area contributed by atoms with Gasteiger partial charge in [0.25, 0.3) is 0 Å². The highest BCUT2D eigenvalue weighted by Crippen LogP contribution is 2.33. The molecule has 112 valence electrons. The van der Waals surface area contributed by atoms with Gasteiger partial charge in [0.2, 0.25) is 0 Å². The Morgan fingerprint density at radius 2 is 1.95 bits per heavy atom. The summed E-state index contributed by atoms with van der Waals surface area (Å²) in [5.41, 5.74) is 7.20. The van der Waals surface area contributed by atoms with Gasteiger partial charge in [-0.25, -0.2) is 0 Å². The lowest BCUT2D eigenvalue weighted by atomic mass is 9.96. The first-order chi connectivity index (χ1) is 9.45. The molecule has 2 rings (SSSR count). The van der Waals surface area contributed by atoms with E-state index in [-0.39, 0.29) is 19.0 Å². The van der Waals surface area contributed by atoms with Gasteiger partial charge in [0.15, 0.2) is 0 Å². The molecule has 0 amide bonds. The van der Waals surface area contributed by atoms with Crippen molar-refractivity contribution < 1.29 is 13.2 Å². The molecule has 1 fully saturated rings. The molecule has 0 spiro atoms. The fraction of sp³-hybridized carbons (Fsp3) is 0.600. The van der Waals surface area contributed by atoms with Crippen molar-refractivity contribution >= 4 is 0 Å². The highest BCUT2D eigenvalue weighted by atomic mass is 19.4. The maximum Gasteiger partial charge on any atom is 0.393 e. The second-order valence-corrected chi connectivity index (χ2v) is 5.59. The molecule has 1 aromatic rings. The quantitative estimate of drug-likeness (QED) is 0.922. The lowest BCUT2D eigenvalue weighted by Crippen LogP contribution is -2.46. The van der Waals surface area contributed by atoms with Gasteiger partial charge in [0.05, 0.1) is 5.92 Å². The fourth-order valence-corrected chi connectivity index (χ4v) is 2.80. The summed E-state index contributed by atoms with van der Waals surface area (Å²) in [6, 6.07) is 9.70. The van der Waals surface area contributed by atoms with Gasteiger partial charge in [-0.3, -0.25) is 0 Å². The number of hydrogen-bond donors (Lipinski definition) is 1. The van der Waals surface area contributed by atoms with Crippen LogP contribution in [0.15, 0.2) is 30.3 Å². The molecule has 0 radical (unpaired) electrons. The second kappa shape index (κ2) is 6.59. The number of alkyl halides is 3. The third-order valence-electron chi connectivity index (χ3n) is 3.80. The van der Waals surface area contributed by atoms with Gasteiger partial charge < -0.3 is 10.6 Å². The number of nitrogens with zero attached hydrogens (tertiary/aromatic N) is 1. The maximum atomic E-state index is 12.7. The van der Waals surface area contributed by atoms with E-state index in [1.54, 1.807) is 0 Å². The van der Waals surface area contributed by atoms with E-state index in [2.05, 4.69) is 0 Å². The number of rotatable bonds is 4. The number of nitrogens with two attached hydrogens (primary N) is 1. The van der Waals surface area contributed by atoms with Gasteiger partial charge in [-0.2, -0.15) is 13.2 Å². The summed E-state index contributed by atoms with van der Waals surface area (Å²) in [5, 5.41) is 0. The molecule has 2 nitrogen and oxygen atoms in total. The molecule has 1 aromatic carbocycles. The molecular weight excluding hydrogens is 265 g/mol. The topological polar surface area (TPSA) is 29.3 Å². The summed E-state index contributed by atoms with van der Waals surface area (Å²) in [4.78, 5) is 1.86. The molecule has 0 bridgehead atoms. The normalized spacial score (nSPS) is 22.7. The molecule has 1 aliphatic rings. The van der Waals surface area contributed by atoms with Gasteiger partial charge in [-0.1, -0.05) is 30.3 Å². The molecule has 1 heterocycles. The highest BCUT2D eigenvalue weighted by Gasteiger charge is 2.41. The van der Waals surface area contributed by atoms with E-state index < -0.39 is 12.1 Å². The van der Waals surface area contributed by atoms with Crippen molar-refractivity contribution in [1.29, 1.82) is 0 Å². The summed E-state index contributed by atoms with van der Waals surface area (Å²) in [6.45, 7) is 1.34. The molecular formula is C15H21F3N2. The van der Waals surface area contributed by atoms with Crippen LogP contribution in [0.1, 0.15) is 18.4 Å². The van der Waals surface area contributed by atoms with Crippen LogP contribution >= 0.6 is 0 Å². The standard InChI is InChI=1S/C15H21F3N2/c16-15(17,18)13-7-4-8-20(10-13)11-14(19)9-12-5-2-1-3-6-12/h1-3,5-6,13-14H,4,7-11,19H2. The average molecular weight is 286 g/mol. The Morgan fingerprint density at radius 1 is 1.25 bits per heavy atom. The van der Waals surface area contributed by atoms with Crippen molar-refractivity contribution in [2.45, 2.75) is 31.5 Å². The van der Waals surface area contributed by atoms with E-state index in [0.29, 0.717) is 19.4 Å². The predicted octanol–water partition coefficient (Wildman–Crippen LogP) is 2.83. The van der Waals surface area contributed by atoms with Crippen molar-refractivity contribution in [2.75, 3.05) is 19.6 Å². The van der Waals surface area contributed by atoms with E-state index >= 15 is 0 Å². The van der Waals surface area contributed by atoms with Gasteiger partial charge >= 0.3 is 6.18 Å². The minimum atomic E-state index is -4.08. The zero-order valence-corrected chi connectivity index (χ0v) is 11.4. The van der Waals surface area contributed by atoms with Crippen molar-refractivity contribution in [3.63, 3.8) is 0 Å². The first-order valence-electron chi connectivity index (χ1n) is 7.03. The van der Waals surface area contributed by atoms with Gasteiger partial charge in [-0.15, -0.1) is 0 Å². The number of piperidine rings is 1. The van der Waals surface area contributed by atoms with E-state index in [1.807, 2.05) is 35.2 Å². The van der Waals surface area contributed by atoms with Crippen LogP contribution in [-0.2, 0) is 6.42 Å². The van der Waals surface area contributed by atoms with Crippen LogP contribution in [0.25, 0.3) is 0 Å². The molecule has 0 aromatic heterocycles. The minimum absolute atomic E-state index is 0.0893. The zero-order chi connectivity index (χ0) is 14.6. The SMILES string of the molecule is NC(Cc1ccccc1)CN1CCCC(C(F)(F)F)C1. The van der Waals surface area contributed by atoms with Crippen molar-refractivity contribution in [3.8, 4) is 0 Å². The summed E-state index contributed by atoms with van der Waals surface area (Å²) >= 11 is 0. The number of benzene rings is 1. The molecule has 0 aliphatic carbocycles. The molecule has 2 atom stereocenters. The molecule has 2 unspecified atom stereocenters. The Bertz CT molecular complexity index is 405. The molecule has 0 saturated carbocycles. The van der Waals surface area contributed by atoms with E-state index in [1.165, 1.54) is 0 Å². The van der Waals surface area contributed by atoms with Crippen LogP contribution in [0.3, 0.4) is 0 Å². The minimum Gasteiger partial charge on any atom is -0.326 e. The Hall–Kier alpha value is -1.07. The first-order valence-corrected chi connectivity index (χ1v) is 7.03. The van der Waals surface area contributed by atoms with Crippen LogP contribution in [0.5, 0.6) is 0 Å². The number of halogens is 3. The second-order valence-electron chi connectivity index (χ2n) is 5.59. The largest absolute Gasteiger partial charge is 0.393 e. The molecule has 20 heavy (non-hydrogen) atoms. The van der Waals surface area contributed by atoms with Crippen LogP contribution in [0.2, 0.25) is 0 Å². The molecule has 1 saturated heterocycles. The van der Waals surface area contributed by atoms with E-state index in [9.17, 15) is 13.2 Å². The summed E-state index contributed by atoms with van der Waals surface area (Å²) in [5.74, 6) is -1.19. The predicted molar refractivity (Wildman–Crippen MR) is 73.3 cm³/mol. The van der Waals surface area contributed by atoms with Crippen LogP contribution in [-0.4, -0.2) is 36.8 Å². The summed E-state index contributed by atoms with van der Waals surface area (Å²) < 4.78 is 38.2. The smallest absolute Gasteiger partial charge is 0.326 e. The van der Waals surface area contributed by atoms with E-state index in [4.69, 9.17) is 5.73 Å². The number of hydrogen-bond acceptors (Lipinski definition) is 2. The monoisotopic (exact) mass is 286 g/mol. The van der Waals surface area contributed by atoms with Gasteiger partial charge in [-0.05, 0) is 31.4 Å². The first kappa shape index (κ1) is 15.3. The van der Waals surface area contributed by atoms with Crippen LogP contribution in [0.4, 0.5) is 13.2 Å². The van der Waals surface area contributed by atoms with Gasteiger partial charge in [0.1, 0.15) is 0 Å². The summed E-state index contributed by atoms with van der Waals surface area (Å²) in [7, 11) is 0. The maximum absolute atomic E-state index is 12.7. The number of likely N-dealkylation sites (tertiary alicyclic amines) is 1. The van der Waals surface area contributed by atoms with Crippen molar-refractivity contribution in [2.24, 2.45) is 11.7 Å². The Labute approximate surface area is 117 Å². The average Bonchev–Trinajstić information content (AvgIpc) is 2.39. The van der Waals surface area contributed by atoms with Gasteiger partial charge in [0, 0.05) is 19.1 Å². The van der Waals surface area contributed by atoms with Crippen LogP contribution in [0, 0.1) is 5.92 Å². The van der Waals surface area contributed by atoms with Crippen molar-refractivity contribution in [1.82, 2.24) is 4.90 Å². The van der Waals surface area contributed by atoms with Crippen molar-refractivity contribution in [3.05, 3.63) is 35.9 Å². The fourth-order valence-electron chi connectivity index (χ4n) is 2.80. The molecule has 1 aliphatic heterocycles. The third kappa shape index (κ3) is 4.49. The Morgan fingerprint density at radius 3 is 2.60 bits per heavy atom. The summed E-state index contributed by atoms with van der Waals surface area (Å²) in [6.07, 6.45) is -2.54. The van der Waals surface area contributed by atoms with Crippen LogP contribution < -0.4 is 5.73 Å². The third-order valence-corrected chi connectivity index (χ3v) is 3.80.